The van der Waals surface area contributed by atoms with Gasteiger partial charge in [-0.15, -0.1) is 6.58 Å². The summed E-state index contributed by atoms with van der Waals surface area (Å²) in [6.45, 7) is 9.42. The van der Waals surface area contributed by atoms with Gasteiger partial charge in [-0.05, 0) is 51.5 Å². The van der Waals surface area contributed by atoms with Crippen molar-refractivity contribution in [1.29, 1.82) is 0 Å². The third-order valence-electron chi connectivity index (χ3n) is 3.22. The van der Waals surface area contributed by atoms with Crippen LogP contribution in [0, 0.1) is 5.82 Å². The zero-order valence-electron chi connectivity index (χ0n) is 13.5. The molecule has 0 bridgehead atoms. The Bertz CT molecular complexity index is 689. The number of hydrogen-bond donors (Lipinski definition) is 1. The molecule has 2 unspecified atom stereocenters. The highest BCUT2D eigenvalue weighted by molar-refractivity contribution is 7.84. The smallest absolute Gasteiger partial charge is 0.167 e. The van der Waals surface area contributed by atoms with E-state index in [1.54, 1.807) is 24.3 Å². The van der Waals surface area contributed by atoms with E-state index < -0.39 is 11.0 Å². The SMILES string of the molecule is C=CCC(NS(=O)C(C)(C)C)c1cc(-c2ccc(F)cc2)on1. The van der Waals surface area contributed by atoms with Gasteiger partial charge in [0, 0.05) is 11.6 Å². The molecule has 1 heterocycles. The minimum atomic E-state index is -1.24. The zero-order chi connectivity index (χ0) is 17.0. The third kappa shape index (κ3) is 4.59. The van der Waals surface area contributed by atoms with Crippen LogP contribution >= 0.6 is 0 Å². The molecule has 4 nitrogen and oxygen atoms in total. The normalized spacial score (nSPS) is 14.4. The summed E-state index contributed by atoms with van der Waals surface area (Å²) in [5.74, 6) is 0.234. The molecule has 0 aliphatic heterocycles. The summed E-state index contributed by atoms with van der Waals surface area (Å²) in [4.78, 5) is 0. The van der Waals surface area contributed by atoms with Gasteiger partial charge in [0.05, 0.1) is 21.8 Å². The highest BCUT2D eigenvalue weighted by atomic mass is 32.2. The Morgan fingerprint density at radius 3 is 2.61 bits per heavy atom. The van der Waals surface area contributed by atoms with Crippen LogP contribution < -0.4 is 4.72 Å². The van der Waals surface area contributed by atoms with E-state index in [2.05, 4.69) is 16.5 Å². The number of halogens is 1. The van der Waals surface area contributed by atoms with Crippen LogP contribution in [0.1, 0.15) is 38.9 Å². The topological polar surface area (TPSA) is 55.1 Å². The number of rotatable bonds is 6. The molecular formula is C17H21FN2O2S. The van der Waals surface area contributed by atoms with Gasteiger partial charge in [0.25, 0.3) is 0 Å². The summed E-state index contributed by atoms with van der Waals surface area (Å²) < 4.78 is 33.3. The molecule has 0 aliphatic carbocycles. The lowest BCUT2D eigenvalue weighted by Crippen LogP contribution is -2.35. The van der Waals surface area contributed by atoms with Gasteiger partial charge < -0.3 is 4.52 Å². The Kier molecular flexibility index (Phi) is 5.49. The molecule has 1 aromatic heterocycles. The fourth-order valence-corrected chi connectivity index (χ4v) is 2.73. The standard InChI is InChI=1S/C17H21FN2O2S/c1-5-6-14(20-23(21)17(2,3)4)15-11-16(22-19-15)12-7-9-13(18)10-8-12/h5,7-11,14,20H,1,6H2,2-4H3. The van der Waals surface area contributed by atoms with Crippen LogP contribution in [0.4, 0.5) is 4.39 Å². The van der Waals surface area contributed by atoms with E-state index in [1.165, 1.54) is 12.1 Å². The first kappa shape index (κ1) is 17.6. The van der Waals surface area contributed by atoms with Gasteiger partial charge in [-0.1, -0.05) is 11.2 Å². The number of nitrogens with one attached hydrogen (secondary N) is 1. The summed E-state index contributed by atoms with van der Waals surface area (Å²) in [7, 11) is -1.24. The largest absolute Gasteiger partial charge is 0.356 e. The Morgan fingerprint density at radius 1 is 1.39 bits per heavy atom. The Morgan fingerprint density at radius 2 is 2.04 bits per heavy atom. The van der Waals surface area contributed by atoms with E-state index in [0.717, 1.165) is 5.56 Å². The third-order valence-corrected chi connectivity index (χ3v) is 4.83. The fraction of sp³-hybridized carbons (Fsp3) is 0.353. The van der Waals surface area contributed by atoms with Crippen molar-refractivity contribution in [3.63, 3.8) is 0 Å². The van der Waals surface area contributed by atoms with Crippen LogP contribution in [0.15, 0.2) is 47.5 Å². The summed E-state index contributed by atoms with van der Waals surface area (Å²) >= 11 is 0. The minimum Gasteiger partial charge on any atom is -0.356 e. The van der Waals surface area contributed by atoms with Crippen molar-refractivity contribution in [3.05, 3.63) is 54.5 Å². The van der Waals surface area contributed by atoms with Gasteiger partial charge in [-0.3, -0.25) is 0 Å². The minimum absolute atomic E-state index is 0.259. The Balaban J connectivity index is 2.22. The van der Waals surface area contributed by atoms with Crippen LogP contribution in [0.2, 0.25) is 0 Å². The summed E-state index contributed by atoms with van der Waals surface area (Å²) in [6.07, 6.45) is 2.31. The van der Waals surface area contributed by atoms with E-state index in [4.69, 9.17) is 4.52 Å². The first-order chi connectivity index (χ1) is 10.8. The maximum absolute atomic E-state index is 13.0. The van der Waals surface area contributed by atoms with Gasteiger partial charge in [-0.25, -0.2) is 13.3 Å². The second-order valence-corrected chi connectivity index (χ2v) is 8.20. The fourth-order valence-electron chi connectivity index (χ4n) is 1.91. The van der Waals surface area contributed by atoms with Crippen molar-refractivity contribution in [2.45, 2.75) is 38.0 Å². The lowest BCUT2D eigenvalue weighted by atomic mass is 10.1. The van der Waals surface area contributed by atoms with E-state index in [9.17, 15) is 8.60 Å². The molecule has 0 fully saturated rings. The number of nitrogens with zero attached hydrogens (tertiary/aromatic N) is 1. The molecule has 1 aromatic carbocycles. The number of aromatic nitrogens is 1. The average Bonchev–Trinajstić information content (AvgIpc) is 2.96. The van der Waals surface area contributed by atoms with E-state index in [0.29, 0.717) is 17.9 Å². The summed E-state index contributed by atoms with van der Waals surface area (Å²) in [5, 5.41) is 4.06. The van der Waals surface area contributed by atoms with Crippen molar-refractivity contribution in [2.75, 3.05) is 0 Å². The maximum atomic E-state index is 13.0. The molecule has 2 atom stereocenters. The predicted molar refractivity (Wildman–Crippen MR) is 90.5 cm³/mol. The molecule has 124 valence electrons. The molecule has 2 rings (SSSR count). The van der Waals surface area contributed by atoms with Crippen molar-refractivity contribution in [1.82, 2.24) is 9.88 Å². The summed E-state index contributed by atoms with van der Waals surface area (Å²) in [6, 6.07) is 7.50. The lowest BCUT2D eigenvalue weighted by Gasteiger charge is -2.22. The quantitative estimate of drug-likeness (QED) is 0.806. The van der Waals surface area contributed by atoms with Gasteiger partial charge in [-0.2, -0.15) is 0 Å². The van der Waals surface area contributed by atoms with Gasteiger partial charge in [0.1, 0.15) is 11.5 Å². The van der Waals surface area contributed by atoms with Crippen molar-refractivity contribution in [2.24, 2.45) is 0 Å². The second kappa shape index (κ2) is 7.19. The van der Waals surface area contributed by atoms with Crippen molar-refractivity contribution in [3.8, 4) is 11.3 Å². The van der Waals surface area contributed by atoms with E-state index in [-0.39, 0.29) is 16.6 Å². The van der Waals surface area contributed by atoms with Crippen LogP contribution in [0.3, 0.4) is 0 Å². The number of hydrogen-bond acceptors (Lipinski definition) is 3. The van der Waals surface area contributed by atoms with Crippen LogP contribution in [-0.4, -0.2) is 14.1 Å². The lowest BCUT2D eigenvalue weighted by molar-refractivity contribution is 0.413. The van der Waals surface area contributed by atoms with Crippen LogP contribution in [-0.2, 0) is 11.0 Å². The molecule has 0 amide bonds. The molecule has 2 aromatic rings. The molecule has 0 saturated carbocycles. The molecule has 0 saturated heterocycles. The first-order valence-electron chi connectivity index (χ1n) is 7.33. The molecule has 0 spiro atoms. The molecule has 0 radical (unpaired) electrons. The van der Waals surface area contributed by atoms with Crippen molar-refractivity contribution < 1.29 is 13.1 Å². The molecule has 23 heavy (non-hydrogen) atoms. The number of benzene rings is 1. The first-order valence-corrected chi connectivity index (χ1v) is 8.47. The average molecular weight is 336 g/mol. The predicted octanol–water partition coefficient (Wildman–Crippen LogP) is 4.15. The highest BCUT2D eigenvalue weighted by Crippen LogP contribution is 2.26. The van der Waals surface area contributed by atoms with Gasteiger partial charge in [0.2, 0.25) is 0 Å². The molecule has 1 N–H and O–H groups in total. The highest BCUT2D eigenvalue weighted by Gasteiger charge is 2.25. The summed E-state index contributed by atoms with van der Waals surface area (Å²) in [5.41, 5.74) is 1.38. The second-order valence-electron chi connectivity index (χ2n) is 6.20. The monoisotopic (exact) mass is 336 g/mol. The Hall–Kier alpha value is -1.79. The van der Waals surface area contributed by atoms with Crippen LogP contribution in [0.5, 0.6) is 0 Å². The zero-order valence-corrected chi connectivity index (χ0v) is 14.3. The maximum Gasteiger partial charge on any atom is 0.167 e. The molecule has 6 heteroatoms. The van der Waals surface area contributed by atoms with Gasteiger partial charge >= 0.3 is 0 Å². The van der Waals surface area contributed by atoms with E-state index >= 15 is 0 Å². The Labute approximate surface area is 138 Å². The van der Waals surface area contributed by atoms with Gasteiger partial charge in [0.15, 0.2) is 5.76 Å². The van der Waals surface area contributed by atoms with E-state index in [1.807, 2.05) is 20.8 Å². The molecular weight excluding hydrogens is 315 g/mol. The van der Waals surface area contributed by atoms with Crippen molar-refractivity contribution >= 4 is 11.0 Å². The van der Waals surface area contributed by atoms with Crippen LogP contribution in [0.25, 0.3) is 11.3 Å². The molecule has 0 aliphatic rings.